The lowest BCUT2D eigenvalue weighted by Crippen LogP contribution is -2.26. The lowest BCUT2D eigenvalue weighted by molar-refractivity contribution is -0.670. The van der Waals surface area contributed by atoms with Gasteiger partial charge in [0.2, 0.25) is 0 Å². The van der Waals surface area contributed by atoms with Crippen LogP contribution in [0.3, 0.4) is 0 Å². The van der Waals surface area contributed by atoms with Gasteiger partial charge < -0.3 is 8.98 Å². The molecule has 0 saturated carbocycles. The van der Waals surface area contributed by atoms with Gasteiger partial charge in [-0.3, -0.25) is 0 Å². The fourth-order valence-electron chi connectivity index (χ4n) is 4.08. The van der Waals surface area contributed by atoms with Crippen molar-refractivity contribution in [2.24, 2.45) is 14.1 Å². The molecule has 4 heteroatoms. The summed E-state index contributed by atoms with van der Waals surface area (Å²) in [5.74, 6) is 1.07. The summed E-state index contributed by atoms with van der Waals surface area (Å²) in [5.41, 5.74) is 5.56. The lowest BCUT2D eigenvalue weighted by Gasteiger charge is -2.04. The molecule has 0 bridgehead atoms. The maximum atomic E-state index is 6.02. The monoisotopic (exact) mass is 344 g/mol. The minimum atomic E-state index is 0.272. The normalized spacial score (nSPS) is 12.4. The van der Waals surface area contributed by atoms with E-state index in [1.54, 1.807) is 0 Å². The third-order valence-electron chi connectivity index (χ3n) is 5.48. The first-order valence-corrected chi connectivity index (χ1v) is 9.06. The Morgan fingerprint density at radius 2 is 1.92 bits per heavy atom. The van der Waals surface area contributed by atoms with Gasteiger partial charge in [0.25, 0.3) is 0 Å². The van der Waals surface area contributed by atoms with Crippen molar-refractivity contribution >= 4 is 43.7 Å². The van der Waals surface area contributed by atoms with Crippen molar-refractivity contribution < 1.29 is 8.98 Å². The van der Waals surface area contributed by atoms with Gasteiger partial charge in [0.05, 0.1) is 5.52 Å². The average Bonchev–Trinajstić information content (AvgIpc) is 3.16. The minimum absolute atomic E-state index is 0.272. The fourth-order valence-corrected chi connectivity index (χ4v) is 4.08. The molecule has 0 aliphatic heterocycles. The van der Waals surface area contributed by atoms with Gasteiger partial charge in [0.15, 0.2) is 23.9 Å². The summed E-state index contributed by atoms with van der Waals surface area (Å²) in [6.45, 7) is 6.44. The molecular formula is C22H22N3O+. The zero-order chi connectivity index (χ0) is 18.2. The van der Waals surface area contributed by atoms with Crippen molar-refractivity contribution in [2.75, 3.05) is 0 Å². The number of benzene rings is 2. The first kappa shape index (κ1) is 15.4. The molecule has 0 N–H and O–H groups in total. The maximum absolute atomic E-state index is 6.02. The number of hydrogen-bond acceptors (Lipinski definition) is 2. The van der Waals surface area contributed by atoms with Gasteiger partial charge in [0.1, 0.15) is 12.6 Å². The minimum Gasteiger partial charge on any atom is -0.440 e. The van der Waals surface area contributed by atoms with Crippen LogP contribution in [0.2, 0.25) is 0 Å². The van der Waals surface area contributed by atoms with Gasteiger partial charge in [-0.1, -0.05) is 13.8 Å². The molecule has 0 fully saturated rings. The Labute approximate surface area is 151 Å². The molecule has 0 aliphatic carbocycles. The van der Waals surface area contributed by atoms with Crippen LogP contribution in [-0.2, 0) is 14.1 Å². The Morgan fingerprint density at radius 3 is 2.69 bits per heavy atom. The summed E-state index contributed by atoms with van der Waals surface area (Å²) in [6, 6.07) is 8.66. The quantitative estimate of drug-likeness (QED) is 0.406. The number of oxazole rings is 1. The first-order chi connectivity index (χ1) is 12.5. The standard InChI is InChI=1S/C22H22N3O/c1-12(2)22-23-21-18(26-22)7-6-16-20(21)19-13(3)15-11-24(4)9-8-14(15)10-17(19)25(16)5/h6-12H,1-5H3/q+1. The van der Waals surface area contributed by atoms with Crippen LogP contribution in [0.4, 0.5) is 0 Å². The van der Waals surface area contributed by atoms with Crippen LogP contribution in [0.1, 0.15) is 31.2 Å². The van der Waals surface area contributed by atoms with Crippen LogP contribution in [0.5, 0.6) is 0 Å². The zero-order valence-electron chi connectivity index (χ0n) is 15.8. The van der Waals surface area contributed by atoms with E-state index in [-0.39, 0.29) is 5.92 Å². The molecule has 0 radical (unpaired) electrons. The zero-order valence-corrected chi connectivity index (χ0v) is 15.8. The number of fused-ring (bicyclic) bond motifs is 6. The summed E-state index contributed by atoms with van der Waals surface area (Å²) < 4.78 is 10.4. The van der Waals surface area contributed by atoms with Gasteiger partial charge in [-0.25, -0.2) is 9.55 Å². The lowest BCUT2D eigenvalue weighted by atomic mass is 10.0. The molecule has 3 aromatic heterocycles. The van der Waals surface area contributed by atoms with Crippen LogP contribution in [0.25, 0.3) is 43.7 Å². The molecule has 2 aromatic carbocycles. The van der Waals surface area contributed by atoms with Crippen LogP contribution in [-0.4, -0.2) is 9.55 Å². The molecule has 130 valence electrons. The van der Waals surface area contributed by atoms with Crippen LogP contribution >= 0.6 is 0 Å². The number of hydrogen-bond donors (Lipinski definition) is 0. The van der Waals surface area contributed by atoms with E-state index in [1.165, 1.54) is 38.1 Å². The van der Waals surface area contributed by atoms with Crippen molar-refractivity contribution in [3.8, 4) is 0 Å². The number of nitrogens with zero attached hydrogens (tertiary/aromatic N) is 3. The second-order valence-corrected chi connectivity index (χ2v) is 7.58. The Morgan fingerprint density at radius 1 is 1.12 bits per heavy atom. The maximum Gasteiger partial charge on any atom is 0.198 e. The van der Waals surface area contributed by atoms with E-state index in [0.717, 1.165) is 17.0 Å². The smallest absolute Gasteiger partial charge is 0.198 e. The van der Waals surface area contributed by atoms with Crippen LogP contribution < -0.4 is 4.57 Å². The third kappa shape index (κ3) is 1.90. The van der Waals surface area contributed by atoms with E-state index in [0.29, 0.717) is 0 Å². The molecule has 0 unspecified atom stereocenters. The molecule has 0 saturated heterocycles. The molecule has 0 amide bonds. The number of pyridine rings is 1. The van der Waals surface area contributed by atoms with Crippen LogP contribution in [0.15, 0.2) is 41.1 Å². The average molecular weight is 344 g/mol. The molecular weight excluding hydrogens is 322 g/mol. The predicted molar refractivity (Wildman–Crippen MR) is 106 cm³/mol. The SMILES string of the molecule is Cc1c2c[n+](C)ccc2cc2c1c1c3nc(C(C)C)oc3ccc1n2C. The third-order valence-corrected chi connectivity index (χ3v) is 5.48. The highest BCUT2D eigenvalue weighted by atomic mass is 16.3. The Kier molecular flexibility index (Phi) is 3.00. The van der Waals surface area contributed by atoms with Crippen molar-refractivity contribution in [1.29, 1.82) is 0 Å². The van der Waals surface area contributed by atoms with Crippen molar-refractivity contribution in [2.45, 2.75) is 26.7 Å². The summed E-state index contributed by atoms with van der Waals surface area (Å²) in [6.07, 6.45) is 4.30. The van der Waals surface area contributed by atoms with Crippen molar-refractivity contribution in [3.05, 3.63) is 48.1 Å². The van der Waals surface area contributed by atoms with Crippen LogP contribution in [0, 0.1) is 6.92 Å². The molecule has 26 heavy (non-hydrogen) atoms. The molecule has 0 atom stereocenters. The second kappa shape index (κ2) is 5.07. The largest absolute Gasteiger partial charge is 0.440 e. The van der Waals surface area contributed by atoms with Gasteiger partial charge >= 0.3 is 0 Å². The van der Waals surface area contributed by atoms with E-state index >= 15 is 0 Å². The van der Waals surface area contributed by atoms with Gasteiger partial charge in [0, 0.05) is 40.7 Å². The molecule has 5 aromatic rings. The summed E-state index contributed by atoms with van der Waals surface area (Å²) in [4.78, 5) is 4.86. The van der Waals surface area contributed by atoms with Gasteiger partial charge in [-0.05, 0) is 36.1 Å². The molecule has 4 nitrogen and oxygen atoms in total. The highest BCUT2D eigenvalue weighted by Gasteiger charge is 2.20. The van der Waals surface area contributed by atoms with Crippen molar-refractivity contribution in [3.63, 3.8) is 0 Å². The number of rotatable bonds is 1. The highest BCUT2D eigenvalue weighted by Crippen LogP contribution is 2.39. The van der Waals surface area contributed by atoms with E-state index in [1.807, 2.05) is 6.07 Å². The highest BCUT2D eigenvalue weighted by molar-refractivity contribution is 6.22. The summed E-state index contributed by atoms with van der Waals surface area (Å²) >= 11 is 0. The summed E-state index contributed by atoms with van der Waals surface area (Å²) in [7, 11) is 4.20. The first-order valence-electron chi connectivity index (χ1n) is 9.06. The Balaban J connectivity index is 2.06. The fraction of sp³-hybridized carbons (Fsp3) is 0.273. The van der Waals surface area contributed by atoms with E-state index < -0.39 is 0 Å². The number of aryl methyl sites for hydroxylation is 3. The van der Waals surface area contributed by atoms with Gasteiger partial charge in [-0.15, -0.1) is 0 Å². The molecule has 3 heterocycles. The Bertz CT molecular complexity index is 1340. The van der Waals surface area contributed by atoms with Crippen molar-refractivity contribution in [1.82, 2.24) is 9.55 Å². The predicted octanol–water partition coefficient (Wildman–Crippen LogP) is 4.88. The Hall–Kier alpha value is -2.88. The van der Waals surface area contributed by atoms with Gasteiger partial charge in [-0.2, -0.15) is 0 Å². The topological polar surface area (TPSA) is 34.8 Å². The second-order valence-electron chi connectivity index (χ2n) is 7.58. The van der Waals surface area contributed by atoms with E-state index in [9.17, 15) is 0 Å². The number of aromatic nitrogens is 3. The van der Waals surface area contributed by atoms with E-state index in [4.69, 9.17) is 9.40 Å². The molecule has 5 rings (SSSR count). The van der Waals surface area contributed by atoms with E-state index in [2.05, 4.69) is 74.6 Å². The molecule has 0 spiro atoms. The molecule has 0 aliphatic rings. The summed E-state index contributed by atoms with van der Waals surface area (Å²) in [5, 5.41) is 5.01.